The average molecular weight is 385 g/mol. The first-order valence-electron chi connectivity index (χ1n) is 8.65. The third kappa shape index (κ3) is 9.65. The number of unbranched alkanes of at least 4 members (excludes halogenated alkanes) is 5. The molecule has 23 heavy (non-hydrogen) atoms. The zero-order valence-corrected chi connectivity index (χ0v) is 15.7. The number of halogens is 1. The van der Waals surface area contributed by atoms with Crippen molar-refractivity contribution in [2.75, 3.05) is 11.9 Å². The summed E-state index contributed by atoms with van der Waals surface area (Å²) < 4.78 is 5.69. The average Bonchev–Trinajstić information content (AvgIpc) is 2.55. The molecule has 3 nitrogen and oxygen atoms in total. The summed E-state index contributed by atoms with van der Waals surface area (Å²) in [4.78, 5) is 10.7. The molecule has 4 heteroatoms. The summed E-state index contributed by atoms with van der Waals surface area (Å²) in [6, 6.07) is 8.19. The van der Waals surface area contributed by atoms with E-state index in [0.29, 0.717) is 11.9 Å². The van der Waals surface area contributed by atoms with E-state index in [4.69, 9.17) is 9.84 Å². The van der Waals surface area contributed by atoms with Crippen LogP contribution in [0.25, 0.3) is 0 Å². The normalized spacial score (nSPS) is 12.1. The summed E-state index contributed by atoms with van der Waals surface area (Å²) in [7, 11) is 0. The highest BCUT2D eigenvalue weighted by atomic mass is 79.9. The summed E-state index contributed by atoms with van der Waals surface area (Å²) in [6.07, 6.45) is 9.14. The Hall–Kier alpha value is -1.03. The van der Waals surface area contributed by atoms with Crippen LogP contribution in [0.3, 0.4) is 0 Å². The lowest BCUT2D eigenvalue weighted by Gasteiger charge is -2.13. The molecule has 0 fully saturated rings. The number of benzene rings is 1. The molecule has 0 spiro atoms. The molecule has 0 amide bonds. The van der Waals surface area contributed by atoms with Gasteiger partial charge in [0.2, 0.25) is 0 Å². The van der Waals surface area contributed by atoms with Gasteiger partial charge < -0.3 is 9.84 Å². The van der Waals surface area contributed by atoms with E-state index in [1.165, 1.54) is 44.1 Å². The molecule has 0 saturated carbocycles. The zero-order chi connectivity index (χ0) is 16.9. The van der Waals surface area contributed by atoms with E-state index in [1.807, 2.05) is 12.1 Å². The molecule has 1 aromatic rings. The van der Waals surface area contributed by atoms with Gasteiger partial charge in [-0.05, 0) is 30.5 Å². The molecule has 130 valence electrons. The Morgan fingerprint density at radius 1 is 1.13 bits per heavy atom. The van der Waals surface area contributed by atoms with Gasteiger partial charge in [-0.3, -0.25) is 4.79 Å². The first-order valence-corrected chi connectivity index (χ1v) is 9.77. The summed E-state index contributed by atoms with van der Waals surface area (Å²) in [5.74, 6) is 0.0238. The van der Waals surface area contributed by atoms with Crippen molar-refractivity contribution in [2.24, 2.45) is 5.92 Å². The number of aliphatic carboxylic acids is 1. The quantitative estimate of drug-likeness (QED) is 0.363. The topological polar surface area (TPSA) is 46.5 Å². The Balaban J connectivity index is 2.26. The van der Waals surface area contributed by atoms with Crippen molar-refractivity contribution < 1.29 is 14.6 Å². The Morgan fingerprint density at radius 3 is 2.39 bits per heavy atom. The van der Waals surface area contributed by atoms with E-state index < -0.39 is 5.97 Å². The Morgan fingerprint density at radius 2 is 1.78 bits per heavy atom. The minimum atomic E-state index is -0.785. The van der Waals surface area contributed by atoms with Crippen LogP contribution in [0.2, 0.25) is 0 Å². The lowest BCUT2D eigenvalue weighted by molar-refractivity contribution is -0.138. The minimum Gasteiger partial charge on any atom is -0.493 e. The van der Waals surface area contributed by atoms with Crippen LogP contribution < -0.4 is 4.74 Å². The fourth-order valence-electron chi connectivity index (χ4n) is 2.48. The van der Waals surface area contributed by atoms with Gasteiger partial charge in [0, 0.05) is 11.2 Å². The fraction of sp³-hybridized carbons (Fsp3) is 0.632. The molecule has 1 atom stereocenters. The van der Waals surface area contributed by atoms with Crippen molar-refractivity contribution in [1.82, 2.24) is 0 Å². The van der Waals surface area contributed by atoms with Crippen LogP contribution in [-0.2, 0) is 11.2 Å². The van der Waals surface area contributed by atoms with Crippen molar-refractivity contribution in [3.63, 3.8) is 0 Å². The van der Waals surface area contributed by atoms with Crippen LogP contribution in [-0.4, -0.2) is 23.0 Å². The van der Waals surface area contributed by atoms with E-state index in [-0.39, 0.29) is 12.3 Å². The molecule has 1 N–H and O–H groups in total. The van der Waals surface area contributed by atoms with Crippen molar-refractivity contribution in [1.29, 1.82) is 0 Å². The summed E-state index contributed by atoms with van der Waals surface area (Å²) in [5.41, 5.74) is 1.34. The lowest BCUT2D eigenvalue weighted by Crippen LogP contribution is -2.17. The summed E-state index contributed by atoms with van der Waals surface area (Å²) in [5, 5.41) is 9.46. The summed E-state index contributed by atoms with van der Waals surface area (Å²) >= 11 is 3.34. The Labute approximate surface area is 148 Å². The maximum Gasteiger partial charge on any atom is 0.303 e. The molecule has 0 radical (unpaired) electrons. The smallest absolute Gasteiger partial charge is 0.303 e. The van der Waals surface area contributed by atoms with Crippen LogP contribution in [0, 0.1) is 5.92 Å². The monoisotopic (exact) mass is 384 g/mol. The van der Waals surface area contributed by atoms with E-state index in [0.717, 1.165) is 12.2 Å². The molecule has 0 heterocycles. The molecule has 1 unspecified atom stereocenters. The predicted molar refractivity (Wildman–Crippen MR) is 98.6 cm³/mol. The number of rotatable bonds is 13. The van der Waals surface area contributed by atoms with E-state index >= 15 is 0 Å². The van der Waals surface area contributed by atoms with Crippen LogP contribution in [0.15, 0.2) is 24.3 Å². The Bertz CT molecular complexity index is 431. The number of hydrogen-bond acceptors (Lipinski definition) is 2. The van der Waals surface area contributed by atoms with Gasteiger partial charge in [0.1, 0.15) is 5.75 Å². The van der Waals surface area contributed by atoms with Gasteiger partial charge in [-0.1, -0.05) is 67.1 Å². The van der Waals surface area contributed by atoms with Gasteiger partial charge in [0.15, 0.2) is 0 Å². The van der Waals surface area contributed by atoms with Crippen molar-refractivity contribution in [3.8, 4) is 5.75 Å². The SMILES string of the molecule is CCCCCCCCc1ccc(OCC(CBr)CC(=O)O)cc1. The zero-order valence-electron chi connectivity index (χ0n) is 14.1. The van der Waals surface area contributed by atoms with E-state index in [9.17, 15) is 4.79 Å². The highest BCUT2D eigenvalue weighted by Crippen LogP contribution is 2.17. The first-order chi connectivity index (χ1) is 11.2. The van der Waals surface area contributed by atoms with Gasteiger partial charge in [-0.25, -0.2) is 0 Å². The minimum absolute atomic E-state index is 0.00435. The molecule has 0 aliphatic rings. The molecule has 0 bridgehead atoms. The van der Waals surface area contributed by atoms with E-state index in [1.54, 1.807) is 0 Å². The standard InChI is InChI=1S/C19H29BrO3/c1-2-3-4-5-6-7-8-16-9-11-18(12-10-16)23-15-17(14-20)13-19(21)22/h9-12,17H,2-8,13-15H2,1H3,(H,21,22). The van der Waals surface area contributed by atoms with Gasteiger partial charge >= 0.3 is 5.97 Å². The van der Waals surface area contributed by atoms with Gasteiger partial charge in [-0.15, -0.1) is 0 Å². The predicted octanol–water partition coefficient (Wildman–Crippen LogP) is 5.45. The lowest BCUT2D eigenvalue weighted by atomic mass is 10.0. The number of ether oxygens (including phenoxy) is 1. The molecule has 0 aliphatic carbocycles. The molecule has 0 aliphatic heterocycles. The molecule has 0 saturated heterocycles. The van der Waals surface area contributed by atoms with E-state index in [2.05, 4.69) is 35.0 Å². The van der Waals surface area contributed by atoms with Gasteiger partial charge in [0.25, 0.3) is 0 Å². The largest absolute Gasteiger partial charge is 0.493 e. The maximum absolute atomic E-state index is 10.7. The molecular weight excluding hydrogens is 356 g/mol. The molecule has 0 aromatic heterocycles. The van der Waals surface area contributed by atoms with Crippen LogP contribution >= 0.6 is 15.9 Å². The van der Waals surface area contributed by atoms with Gasteiger partial charge in [-0.2, -0.15) is 0 Å². The number of carbonyl (C=O) groups is 1. The number of carboxylic acids is 1. The highest BCUT2D eigenvalue weighted by Gasteiger charge is 2.12. The Kier molecular flexibility index (Phi) is 10.8. The number of alkyl halides is 1. The van der Waals surface area contributed by atoms with Crippen molar-refractivity contribution in [3.05, 3.63) is 29.8 Å². The molecular formula is C19H29BrO3. The van der Waals surface area contributed by atoms with Crippen molar-refractivity contribution >= 4 is 21.9 Å². The van der Waals surface area contributed by atoms with Gasteiger partial charge in [0.05, 0.1) is 13.0 Å². The second kappa shape index (κ2) is 12.4. The third-order valence-electron chi connectivity index (χ3n) is 3.91. The second-order valence-corrected chi connectivity index (χ2v) is 6.74. The fourth-order valence-corrected chi connectivity index (χ4v) is 2.90. The first kappa shape index (κ1) is 20.0. The number of aryl methyl sites for hydroxylation is 1. The van der Waals surface area contributed by atoms with Crippen molar-refractivity contribution in [2.45, 2.75) is 58.3 Å². The van der Waals surface area contributed by atoms with Crippen LogP contribution in [0.4, 0.5) is 0 Å². The maximum atomic E-state index is 10.7. The summed E-state index contributed by atoms with van der Waals surface area (Å²) in [6.45, 7) is 2.67. The van der Waals surface area contributed by atoms with Crippen LogP contribution in [0.1, 0.15) is 57.4 Å². The molecule has 1 aromatic carbocycles. The molecule has 1 rings (SSSR count). The highest BCUT2D eigenvalue weighted by molar-refractivity contribution is 9.09. The third-order valence-corrected chi connectivity index (χ3v) is 4.83. The second-order valence-electron chi connectivity index (χ2n) is 6.09. The number of carboxylic acid groups (broad SMARTS) is 1. The van der Waals surface area contributed by atoms with Crippen LogP contribution in [0.5, 0.6) is 5.75 Å². The number of hydrogen-bond donors (Lipinski definition) is 1.